The average molecular weight is 313 g/mol. The van der Waals surface area contributed by atoms with Gasteiger partial charge >= 0.3 is 0 Å². The summed E-state index contributed by atoms with van der Waals surface area (Å²) in [6.07, 6.45) is 3.34. The maximum atomic E-state index is 12.5. The van der Waals surface area contributed by atoms with Crippen LogP contribution in [0.3, 0.4) is 0 Å². The number of unbranched alkanes of at least 4 members (excludes halogenated alkanes) is 2. The molecule has 0 fully saturated rings. The summed E-state index contributed by atoms with van der Waals surface area (Å²) in [5.41, 5.74) is 1.30. The van der Waals surface area contributed by atoms with Gasteiger partial charge in [-0.15, -0.1) is 0 Å². The molecule has 4 heteroatoms. The van der Waals surface area contributed by atoms with E-state index in [1.54, 1.807) is 24.1 Å². The number of hydrogen-bond donors (Lipinski definition) is 1. The number of phenolic OH excluding ortho intramolecular Hbond substituents is 1. The molecule has 2 aromatic rings. The van der Waals surface area contributed by atoms with Gasteiger partial charge in [-0.3, -0.25) is 4.79 Å². The van der Waals surface area contributed by atoms with E-state index in [1.165, 1.54) is 12.1 Å². The topological polar surface area (TPSA) is 49.8 Å². The molecule has 0 radical (unpaired) electrons. The first kappa shape index (κ1) is 16.9. The SMILES string of the molecule is CCCCCOc1cccc(N(C)C(=O)c2ccc(O)cc2)c1. The summed E-state index contributed by atoms with van der Waals surface area (Å²) < 4.78 is 5.73. The Labute approximate surface area is 137 Å². The highest BCUT2D eigenvalue weighted by Crippen LogP contribution is 2.22. The predicted molar refractivity (Wildman–Crippen MR) is 92.3 cm³/mol. The molecule has 0 aromatic heterocycles. The van der Waals surface area contributed by atoms with Gasteiger partial charge in [-0.1, -0.05) is 25.8 Å². The zero-order chi connectivity index (χ0) is 16.7. The van der Waals surface area contributed by atoms with Gasteiger partial charge in [0, 0.05) is 24.4 Å². The van der Waals surface area contributed by atoms with Crippen LogP contribution in [0.5, 0.6) is 11.5 Å². The van der Waals surface area contributed by atoms with Gasteiger partial charge in [0.2, 0.25) is 0 Å². The normalized spacial score (nSPS) is 10.3. The lowest BCUT2D eigenvalue weighted by molar-refractivity contribution is 0.0993. The molecule has 0 unspecified atom stereocenters. The van der Waals surface area contributed by atoms with Crippen LogP contribution < -0.4 is 9.64 Å². The van der Waals surface area contributed by atoms with Crippen LogP contribution in [0.1, 0.15) is 36.5 Å². The monoisotopic (exact) mass is 313 g/mol. The molecule has 2 rings (SSSR count). The van der Waals surface area contributed by atoms with Gasteiger partial charge in [0.15, 0.2) is 0 Å². The molecule has 0 saturated carbocycles. The van der Waals surface area contributed by atoms with Gasteiger partial charge in [-0.25, -0.2) is 0 Å². The number of carbonyl (C=O) groups excluding carboxylic acids is 1. The third-order valence-corrected chi connectivity index (χ3v) is 3.64. The smallest absolute Gasteiger partial charge is 0.258 e. The molecule has 0 aliphatic carbocycles. The molecule has 2 aromatic carbocycles. The number of nitrogens with zero attached hydrogens (tertiary/aromatic N) is 1. The van der Waals surface area contributed by atoms with Gasteiger partial charge < -0.3 is 14.7 Å². The molecule has 0 aliphatic rings. The predicted octanol–water partition coefficient (Wildman–Crippen LogP) is 4.24. The quantitative estimate of drug-likeness (QED) is 0.778. The number of carbonyl (C=O) groups is 1. The van der Waals surface area contributed by atoms with Crippen LogP contribution >= 0.6 is 0 Å². The van der Waals surface area contributed by atoms with Crippen LogP contribution in [0.15, 0.2) is 48.5 Å². The molecule has 1 N–H and O–H groups in total. The third-order valence-electron chi connectivity index (χ3n) is 3.64. The van der Waals surface area contributed by atoms with Crippen LogP contribution in [0.2, 0.25) is 0 Å². The molecule has 0 heterocycles. The number of anilines is 1. The molecule has 0 spiro atoms. The fourth-order valence-corrected chi connectivity index (χ4v) is 2.24. The van der Waals surface area contributed by atoms with E-state index >= 15 is 0 Å². The fourth-order valence-electron chi connectivity index (χ4n) is 2.24. The summed E-state index contributed by atoms with van der Waals surface area (Å²) in [5.74, 6) is 0.781. The minimum Gasteiger partial charge on any atom is -0.508 e. The Hall–Kier alpha value is -2.49. The molecule has 0 saturated heterocycles. The fraction of sp³-hybridized carbons (Fsp3) is 0.316. The Morgan fingerprint density at radius 1 is 1.13 bits per heavy atom. The highest BCUT2D eigenvalue weighted by molar-refractivity contribution is 6.05. The Morgan fingerprint density at radius 2 is 1.87 bits per heavy atom. The van der Waals surface area contributed by atoms with Crippen LogP contribution in [0.4, 0.5) is 5.69 Å². The van der Waals surface area contributed by atoms with E-state index in [0.29, 0.717) is 12.2 Å². The molecule has 0 atom stereocenters. The molecule has 0 aliphatic heterocycles. The first-order valence-corrected chi connectivity index (χ1v) is 7.91. The van der Waals surface area contributed by atoms with Crippen molar-refractivity contribution >= 4 is 11.6 Å². The van der Waals surface area contributed by atoms with Crippen molar-refractivity contribution in [1.29, 1.82) is 0 Å². The maximum Gasteiger partial charge on any atom is 0.258 e. The van der Waals surface area contributed by atoms with E-state index in [0.717, 1.165) is 30.7 Å². The van der Waals surface area contributed by atoms with Crippen LogP contribution in [-0.2, 0) is 0 Å². The lowest BCUT2D eigenvalue weighted by Gasteiger charge is -2.18. The molecular weight excluding hydrogens is 290 g/mol. The maximum absolute atomic E-state index is 12.5. The summed E-state index contributed by atoms with van der Waals surface area (Å²) in [5, 5.41) is 9.31. The van der Waals surface area contributed by atoms with Gasteiger partial charge in [-0.2, -0.15) is 0 Å². The molecule has 23 heavy (non-hydrogen) atoms. The zero-order valence-corrected chi connectivity index (χ0v) is 13.7. The number of phenols is 1. The van der Waals surface area contributed by atoms with Gasteiger partial charge in [-0.05, 0) is 42.8 Å². The van der Waals surface area contributed by atoms with Crippen molar-refractivity contribution in [3.8, 4) is 11.5 Å². The Kier molecular flexibility index (Phi) is 6.03. The van der Waals surface area contributed by atoms with Crippen molar-refractivity contribution in [3.63, 3.8) is 0 Å². The van der Waals surface area contributed by atoms with Gasteiger partial charge in [0.1, 0.15) is 11.5 Å². The molecular formula is C19H23NO3. The largest absolute Gasteiger partial charge is 0.508 e. The van der Waals surface area contributed by atoms with Crippen molar-refractivity contribution in [2.24, 2.45) is 0 Å². The van der Waals surface area contributed by atoms with E-state index in [4.69, 9.17) is 4.74 Å². The first-order valence-electron chi connectivity index (χ1n) is 7.91. The number of benzene rings is 2. The molecule has 1 amide bonds. The van der Waals surface area contributed by atoms with Gasteiger partial charge in [0.05, 0.1) is 6.61 Å². The second-order valence-corrected chi connectivity index (χ2v) is 5.46. The Morgan fingerprint density at radius 3 is 2.57 bits per heavy atom. The van der Waals surface area contributed by atoms with Gasteiger partial charge in [0.25, 0.3) is 5.91 Å². The summed E-state index contributed by atoms with van der Waals surface area (Å²) in [6.45, 7) is 2.84. The van der Waals surface area contributed by atoms with E-state index in [-0.39, 0.29) is 11.7 Å². The number of rotatable bonds is 7. The lowest BCUT2D eigenvalue weighted by Crippen LogP contribution is -2.26. The lowest BCUT2D eigenvalue weighted by atomic mass is 10.2. The van der Waals surface area contributed by atoms with Crippen molar-refractivity contribution < 1.29 is 14.6 Å². The number of aromatic hydroxyl groups is 1. The zero-order valence-electron chi connectivity index (χ0n) is 13.7. The summed E-state index contributed by atoms with van der Waals surface area (Å²) in [6, 6.07) is 13.8. The van der Waals surface area contributed by atoms with Crippen LogP contribution in [0.25, 0.3) is 0 Å². The van der Waals surface area contributed by atoms with Crippen molar-refractivity contribution in [3.05, 3.63) is 54.1 Å². The number of amides is 1. The van der Waals surface area contributed by atoms with E-state index in [9.17, 15) is 9.90 Å². The van der Waals surface area contributed by atoms with E-state index in [2.05, 4.69) is 6.92 Å². The van der Waals surface area contributed by atoms with Crippen molar-refractivity contribution in [1.82, 2.24) is 0 Å². The average Bonchev–Trinajstić information content (AvgIpc) is 2.58. The summed E-state index contributed by atoms with van der Waals surface area (Å²) >= 11 is 0. The second-order valence-electron chi connectivity index (χ2n) is 5.46. The van der Waals surface area contributed by atoms with Crippen LogP contribution in [-0.4, -0.2) is 24.7 Å². The Bertz CT molecular complexity index is 637. The van der Waals surface area contributed by atoms with E-state index < -0.39 is 0 Å². The first-order chi connectivity index (χ1) is 11.1. The standard InChI is InChI=1S/C19H23NO3/c1-3-4-5-13-23-18-8-6-7-16(14-18)20(2)19(22)15-9-11-17(21)12-10-15/h6-12,14,21H,3-5,13H2,1-2H3. The number of hydrogen-bond acceptors (Lipinski definition) is 3. The highest BCUT2D eigenvalue weighted by Gasteiger charge is 2.14. The Balaban J connectivity index is 2.05. The third kappa shape index (κ3) is 4.74. The molecule has 122 valence electrons. The second kappa shape index (κ2) is 8.22. The number of ether oxygens (including phenoxy) is 1. The van der Waals surface area contributed by atoms with E-state index in [1.807, 2.05) is 24.3 Å². The molecule has 4 nitrogen and oxygen atoms in total. The summed E-state index contributed by atoms with van der Waals surface area (Å²) in [7, 11) is 1.73. The van der Waals surface area contributed by atoms with Crippen LogP contribution in [0, 0.1) is 0 Å². The van der Waals surface area contributed by atoms with Crippen molar-refractivity contribution in [2.45, 2.75) is 26.2 Å². The minimum atomic E-state index is -0.131. The van der Waals surface area contributed by atoms with Crippen molar-refractivity contribution in [2.75, 3.05) is 18.6 Å². The minimum absolute atomic E-state index is 0.131. The summed E-state index contributed by atoms with van der Waals surface area (Å²) in [4.78, 5) is 14.0. The molecule has 0 bridgehead atoms. The highest BCUT2D eigenvalue weighted by atomic mass is 16.5.